The molecule has 2 atom stereocenters. The number of hydrogen-bond donors (Lipinski definition) is 0. The summed E-state index contributed by atoms with van der Waals surface area (Å²) < 4.78 is 7.58. The second-order valence-corrected chi connectivity index (χ2v) is 7.99. The highest BCUT2D eigenvalue weighted by Crippen LogP contribution is 2.24. The SMILES string of the molecule is CCc1c(C(=O)N2CC(C)OC(C)C2)cnc2cc(C(C)(C)C)nn12. The number of aryl methyl sites for hydroxylation is 1. The van der Waals surface area contributed by atoms with Crippen LogP contribution in [0.1, 0.15) is 63.3 Å². The summed E-state index contributed by atoms with van der Waals surface area (Å²) in [6.45, 7) is 13.7. The average molecular weight is 344 g/mol. The lowest BCUT2D eigenvalue weighted by Gasteiger charge is -2.35. The number of rotatable bonds is 2. The number of carbonyl (C=O) groups is 1. The van der Waals surface area contributed by atoms with Gasteiger partial charge in [0.05, 0.1) is 29.2 Å². The average Bonchev–Trinajstić information content (AvgIpc) is 2.96. The van der Waals surface area contributed by atoms with Gasteiger partial charge in [-0.15, -0.1) is 0 Å². The highest BCUT2D eigenvalue weighted by molar-refractivity contribution is 5.95. The smallest absolute Gasteiger partial charge is 0.257 e. The van der Waals surface area contributed by atoms with E-state index in [1.54, 1.807) is 6.20 Å². The number of ether oxygens (including phenoxy) is 1. The maximum atomic E-state index is 13.1. The maximum absolute atomic E-state index is 13.1. The van der Waals surface area contributed by atoms with Gasteiger partial charge in [0.2, 0.25) is 0 Å². The summed E-state index contributed by atoms with van der Waals surface area (Å²) >= 11 is 0. The van der Waals surface area contributed by atoms with Gasteiger partial charge in [-0.05, 0) is 20.3 Å². The van der Waals surface area contributed by atoms with Crippen LogP contribution in [0, 0.1) is 0 Å². The molecule has 6 heteroatoms. The molecular weight excluding hydrogens is 316 g/mol. The van der Waals surface area contributed by atoms with Crippen LogP contribution < -0.4 is 0 Å². The van der Waals surface area contributed by atoms with E-state index in [1.165, 1.54) is 0 Å². The molecule has 136 valence electrons. The first-order chi connectivity index (χ1) is 11.7. The van der Waals surface area contributed by atoms with Gasteiger partial charge in [0.25, 0.3) is 5.91 Å². The summed E-state index contributed by atoms with van der Waals surface area (Å²) in [6, 6.07) is 2.01. The van der Waals surface area contributed by atoms with Crippen LogP contribution in [0.15, 0.2) is 12.3 Å². The Morgan fingerprint density at radius 3 is 2.48 bits per heavy atom. The Labute approximate surface area is 149 Å². The van der Waals surface area contributed by atoms with Crippen molar-refractivity contribution < 1.29 is 9.53 Å². The standard InChI is InChI=1S/C19H28N4O2/c1-7-15-14(18(24)22-10-12(2)25-13(3)11-22)9-20-17-8-16(19(4,5)6)21-23(15)17/h8-9,12-13H,7,10-11H2,1-6H3. The Morgan fingerprint density at radius 2 is 1.92 bits per heavy atom. The van der Waals surface area contributed by atoms with Crippen molar-refractivity contribution in [1.29, 1.82) is 0 Å². The van der Waals surface area contributed by atoms with E-state index in [2.05, 4.69) is 32.7 Å². The van der Waals surface area contributed by atoms with Crippen LogP contribution in [0.25, 0.3) is 5.65 Å². The molecule has 0 spiro atoms. The van der Waals surface area contributed by atoms with Crippen LogP contribution in [-0.4, -0.2) is 50.7 Å². The number of nitrogens with zero attached hydrogens (tertiary/aromatic N) is 4. The van der Waals surface area contributed by atoms with Gasteiger partial charge in [-0.3, -0.25) is 4.79 Å². The van der Waals surface area contributed by atoms with Gasteiger partial charge in [0, 0.05) is 30.8 Å². The molecule has 1 amide bonds. The van der Waals surface area contributed by atoms with Crippen molar-refractivity contribution >= 4 is 11.6 Å². The number of hydrogen-bond acceptors (Lipinski definition) is 4. The molecule has 0 N–H and O–H groups in total. The van der Waals surface area contributed by atoms with E-state index in [0.717, 1.165) is 23.5 Å². The van der Waals surface area contributed by atoms with E-state index >= 15 is 0 Å². The molecule has 0 aromatic carbocycles. The fraction of sp³-hybridized carbons (Fsp3) is 0.632. The van der Waals surface area contributed by atoms with Crippen LogP contribution in [0.4, 0.5) is 0 Å². The molecule has 1 fully saturated rings. The predicted molar refractivity (Wildman–Crippen MR) is 97.0 cm³/mol. The second kappa shape index (κ2) is 6.41. The molecule has 6 nitrogen and oxygen atoms in total. The van der Waals surface area contributed by atoms with E-state index in [1.807, 2.05) is 29.3 Å². The van der Waals surface area contributed by atoms with Crippen molar-refractivity contribution in [2.24, 2.45) is 0 Å². The summed E-state index contributed by atoms with van der Waals surface area (Å²) in [5, 5.41) is 4.73. The molecule has 0 radical (unpaired) electrons. The van der Waals surface area contributed by atoms with E-state index in [4.69, 9.17) is 9.84 Å². The molecular formula is C19H28N4O2. The lowest BCUT2D eigenvalue weighted by atomic mass is 9.93. The Morgan fingerprint density at radius 1 is 1.28 bits per heavy atom. The molecule has 0 aliphatic carbocycles. The molecule has 1 aliphatic heterocycles. The molecule has 25 heavy (non-hydrogen) atoms. The van der Waals surface area contributed by atoms with Gasteiger partial charge < -0.3 is 9.64 Å². The quantitative estimate of drug-likeness (QED) is 0.840. The van der Waals surface area contributed by atoms with Crippen LogP contribution in [0.5, 0.6) is 0 Å². The molecule has 1 aliphatic rings. The number of fused-ring (bicyclic) bond motifs is 1. The van der Waals surface area contributed by atoms with Crippen molar-refractivity contribution in [1.82, 2.24) is 19.5 Å². The molecule has 0 bridgehead atoms. The zero-order valence-electron chi connectivity index (χ0n) is 16.0. The van der Waals surface area contributed by atoms with E-state index < -0.39 is 0 Å². The topological polar surface area (TPSA) is 59.7 Å². The Balaban J connectivity index is 2.02. The monoisotopic (exact) mass is 344 g/mol. The minimum absolute atomic E-state index is 0.0149. The van der Waals surface area contributed by atoms with Crippen molar-refractivity contribution in [2.45, 2.75) is 65.6 Å². The van der Waals surface area contributed by atoms with Gasteiger partial charge in [0.1, 0.15) is 0 Å². The summed E-state index contributed by atoms with van der Waals surface area (Å²) in [6.07, 6.45) is 2.52. The minimum atomic E-state index is -0.0576. The van der Waals surface area contributed by atoms with Crippen molar-refractivity contribution in [3.8, 4) is 0 Å². The minimum Gasteiger partial charge on any atom is -0.372 e. The predicted octanol–water partition coefficient (Wildman–Crippen LogP) is 2.84. The first-order valence-electron chi connectivity index (χ1n) is 9.03. The molecule has 1 saturated heterocycles. The molecule has 2 unspecified atom stereocenters. The van der Waals surface area contributed by atoms with Crippen LogP contribution >= 0.6 is 0 Å². The third-order valence-corrected chi connectivity index (χ3v) is 4.62. The van der Waals surface area contributed by atoms with Gasteiger partial charge in [-0.2, -0.15) is 5.10 Å². The third kappa shape index (κ3) is 3.40. The Kier molecular flexibility index (Phi) is 4.58. The Bertz CT molecular complexity index is 781. The fourth-order valence-electron chi connectivity index (χ4n) is 3.38. The number of carbonyl (C=O) groups excluding carboxylic acids is 1. The summed E-state index contributed by atoms with van der Waals surface area (Å²) in [5.74, 6) is 0.0149. The van der Waals surface area contributed by atoms with Crippen LogP contribution in [-0.2, 0) is 16.6 Å². The zero-order chi connectivity index (χ0) is 18.4. The molecule has 0 saturated carbocycles. The van der Waals surface area contributed by atoms with Crippen molar-refractivity contribution in [3.05, 3.63) is 29.2 Å². The molecule has 3 heterocycles. The molecule has 2 aromatic heterocycles. The van der Waals surface area contributed by atoms with Gasteiger partial charge in [-0.25, -0.2) is 9.50 Å². The second-order valence-electron chi connectivity index (χ2n) is 7.99. The molecule has 2 aromatic rings. The zero-order valence-corrected chi connectivity index (χ0v) is 16.0. The number of morpholine rings is 1. The Hall–Kier alpha value is -1.95. The van der Waals surface area contributed by atoms with Crippen LogP contribution in [0.2, 0.25) is 0 Å². The fourth-order valence-corrected chi connectivity index (χ4v) is 3.38. The highest BCUT2D eigenvalue weighted by Gasteiger charge is 2.29. The number of aromatic nitrogens is 3. The van der Waals surface area contributed by atoms with Crippen molar-refractivity contribution in [3.63, 3.8) is 0 Å². The normalized spacial score (nSPS) is 21.8. The van der Waals surface area contributed by atoms with Gasteiger partial charge in [-0.1, -0.05) is 27.7 Å². The van der Waals surface area contributed by atoms with Crippen molar-refractivity contribution in [2.75, 3.05) is 13.1 Å². The van der Waals surface area contributed by atoms with E-state index in [-0.39, 0.29) is 23.5 Å². The summed E-state index contributed by atoms with van der Waals surface area (Å²) in [5.41, 5.74) is 3.27. The highest BCUT2D eigenvalue weighted by atomic mass is 16.5. The van der Waals surface area contributed by atoms with Gasteiger partial charge in [0.15, 0.2) is 5.65 Å². The third-order valence-electron chi connectivity index (χ3n) is 4.62. The maximum Gasteiger partial charge on any atom is 0.257 e. The largest absolute Gasteiger partial charge is 0.372 e. The first-order valence-corrected chi connectivity index (χ1v) is 9.03. The van der Waals surface area contributed by atoms with Crippen LogP contribution in [0.3, 0.4) is 0 Å². The first kappa shape index (κ1) is 17.9. The summed E-state index contributed by atoms with van der Waals surface area (Å²) in [7, 11) is 0. The van der Waals surface area contributed by atoms with Gasteiger partial charge >= 0.3 is 0 Å². The summed E-state index contributed by atoms with van der Waals surface area (Å²) in [4.78, 5) is 19.5. The lowest BCUT2D eigenvalue weighted by molar-refractivity contribution is -0.0586. The lowest BCUT2D eigenvalue weighted by Crippen LogP contribution is -2.48. The van der Waals surface area contributed by atoms with E-state index in [9.17, 15) is 4.79 Å². The molecule has 3 rings (SSSR count). The number of amides is 1. The van der Waals surface area contributed by atoms with E-state index in [0.29, 0.717) is 18.7 Å².